The number of imidazole rings is 1. The van der Waals surface area contributed by atoms with Crippen molar-refractivity contribution in [1.82, 2.24) is 9.38 Å². The van der Waals surface area contributed by atoms with Crippen molar-refractivity contribution in [1.29, 1.82) is 0 Å². The SMILES string of the molecule is Nc1nc(C(=O)O)c2cc(O)ccn12. The topological polar surface area (TPSA) is 101 Å². The van der Waals surface area contributed by atoms with E-state index in [1.54, 1.807) is 0 Å². The lowest BCUT2D eigenvalue weighted by molar-refractivity contribution is 0.0693. The van der Waals surface area contributed by atoms with Gasteiger partial charge in [0, 0.05) is 12.3 Å². The molecule has 14 heavy (non-hydrogen) atoms. The molecule has 6 nitrogen and oxygen atoms in total. The van der Waals surface area contributed by atoms with Crippen LogP contribution in [-0.2, 0) is 0 Å². The number of carboxylic acid groups (broad SMARTS) is 1. The highest BCUT2D eigenvalue weighted by atomic mass is 16.4. The molecule has 0 fully saturated rings. The molecule has 0 amide bonds. The molecule has 2 aromatic heterocycles. The summed E-state index contributed by atoms with van der Waals surface area (Å²) in [5.74, 6) is -1.12. The van der Waals surface area contributed by atoms with Crippen LogP contribution in [0.4, 0.5) is 5.95 Å². The maximum absolute atomic E-state index is 10.7. The number of fused-ring (bicyclic) bond motifs is 1. The van der Waals surface area contributed by atoms with E-state index in [2.05, 4.69) is 4.98 Å². The summed E-state index contributed by atoms with van der Waals surface area (Å²) in [5, 5.41) is 17.9. The molecule has 0 bridgehead atoms. The smallest absolute Gasteiger partial charge is 0.356 e. The summed E-state index contributed by atoms with van der Waals surface area (Å²) < 4.78 is 1.39. The molecule has 0 saturated carbocycles. The largest absolute Gasteiger partial charge is 0.508 e. The van der Waals surface area contributed by atoms with Gasteiger partial charge in [0.2, 0.25) is 5.95 Å². The summed E-state index contributed by atoms with van der Waals surface area (Å²) in [6.07, 6.45) is 1.46. The number of nitrogen functional groups attached to an aromatic ring is 1. The average Bonchev–Trinajstić information content (AvgIpc) is 2.43. The molecule has 2 heterocycles. The number of aromatic hydroxyl groups is 1. The van der Waals surface area contributed by atoms with Crippen molar-refractivity contribution in [2.24, 2.45) is 0 Å². The van der Waals surface area contributed by atoms with Crippen LogP contribution >= 0.6 is 0 Å². The lowest BCUT2D eigenvalue weighted by Gasteiger charge is -1.96. The fourth-order valence-electron chi connectivity index (χ4n) is 1.25. The van der Waals surface area contributed by atoms with Crippen LogP contribution in [0.3, 0.4) is 0 Å². The van der Waals surface area contributed by atoms with Crippen LogP contribution in [0.25, 0.3) is 5.52 Å². The maximum atomic E-state index is 10.7. The van der Waals surface area contributed by atoms with E-state index in [9.17, 15) is 9.90 Å². The third kappa shape index (κ3) is 1.05. The predicted octanol–water partition coefficient (Wildman–Crippen LogP) is 0.320. The van der Waals surface area contributed by atoms with E-state index in [-0.39, 0.29) is 22.9 Å². The van der Waals surface area contributed by atoms with Gasteiger partial charge in [-0.25, -0.2) is 9.78 Å². The first-order chi connectivity index (χ1) is 6.59. The summed E-state index contributed by atoms with van der Waals surface area (Å²) in [5.41, 5.74) is 5.58. The van der Waals surface area contributed by atoms with E-state index in [0.29, 0.717) is 0 Å². The molecule has 2 rings (SSSR count). The number of nitrogens with zero attached hydrogens (tertiary/aromatic N) is 2. The highest BCUT2D eigenvalue weighted by Gasteiger charge is 2.14. The Bertz CT molecular complexity index is 518. The normalized spacial score (nSPS) is 10.6. The second-order valence-corrected chi connectivity index (χ2v) is 2.76. The number of carbonyl (C=O) groups is 1. The van der Waals surface area contributed by atoms with Crippen LogP contribution in [0.1, 0.15) is 10.5 Å². The van der Waals surface area contributed by atoms with Gasteiger partial charge in [0.15, 0.2) is 5.69 Å². The molecule has 0 aliphatic carbocycles. The minimum atomic E-state index is -1.18. The van der Waals surface area contributed by atoms with Gasteiger partial charge in [0.25, 0.3) is 0 Å². The third-order valence-corrected chi connectivity index (χ3v) is 1.86. The van der Waals surface area contributed by atoms with Gasteiger partial charge in [-0.15, -0.1) is 0 Å². The lowest BCUT2D eigenvalue weighted by Crippen LogP contribution is -1.97. The minimum Gasteiger partial charge on any atom is -0.508 e. The van der Waals surface area contributed by atoms with Crippen LogP contribution in [0.2, 0.25) is 0 Å². The van der Waals surface area contributed by atoms with E-state index in [0.717, 1.165) is 0 Å². The fraction of sp³-hybridized carbons (Fsp3) is 0. The fourth-order valence-corrected chi connectivity index (χ4v) is 1.25. The summed E-state index contributed by atoms with van der Waals surface area (Å²) in [7, 11) is 0. The first-order valence-electron chi connectivity index (χ1n) is 3.79. The molecule has 72 valence electrons. The molecule has 0 atom stereocenters. The molecule has 0 radical (unpaired) electrons. The van der Waals surface area contributed by atoms with Crippen LogP contribution in [0.5, 0.6) is 5.75 Å². The van der Waals surface area contributed by atoms with Crippen LogP contribution in [0, 0.1) is 0 Å². The van der Waals surface area contributed by atoms with Gasteiger partial charge >= 0.3 is 5.97 Å². The number of nitrogens with two attached hydrogens (primary N) is 1. The van der Waals surface area contributed by atoms with Crippen molar-refractivity contribution in [2.45, 2.75) is 0 Å². The van der Waals surface area contributed by atoms with Gasteiger partial charge < -0.3 is 15.9 Å². The van der Waals surface area contributed by atoms with Crippen molar-refractivity contribution < 1.29 is 15.0 Å². The number of anilines is 1. The number of hydrogen-bond donors (Lipinski definition) is 3. The maximum Gasteiger partial charge on any atom is 0.356 e. The van der Waals surface area contributed by atoms with Crippen LogP contribution in [-0.4, -0.2) is 25.6 Å². The molecule has 2 aromatic rings. The number of aromatic carboxylic acids is 1. The molecule has 4 N–H and O–H groups in total. The van der Waals surface area contributed by atoms with Gasteiger partial charge in [0.05, 0.1) is 5.52 Å². The third-order valence-electron chi connectivity index (χ3n) is 1.86. The van der Waals surface area contributed by atoms with E-state index < -0.39 is 5.97 Å². The Morgan fingerprint density at radius 3 is 2.93 bits per heavy atom. The Morgan fingerprint density at radius 2 is 2.29 bits per heavy atom. The number of carboxylic acids is 1. The Labute approximate surface area is 78.2 Å². The number of hydrogen-bond acceptors (Lipinski definition) is 4. The Kier molecular flexibility index (Phi) is 1.57. The van der Waals surface area contributed by atoms with E-state index >= 15 is 0 Å². The second-order valence-electron chi connectivity index (χ2n) is 2.76. The highest BCUT2D eigenvalue weighted by molar-refractivity contribution is 5.94. The van der Waals surface area contributed by atoms with Crippen molar-refractivity contribution in [3.63, 3.8) is 0 Å². The Hall–Kier alpha value is -2.24. The Balaban J connectivity index is 2.85. The van der Waals surface area contributed by atoms with Gasteiger partial charge in [-0.05, 0) is 6.07 Å². The molecule has 0 aliphatic rings. The first-order valence-corrected chi connectivity index (χ1v) is 3.79. The second kappa shape index (κ2) is 2.63. The average molecular weight is 193 g/mol. The van der Waals surface area contributed by atoms with Gasteiger partial charge in [-0.1, -0.05) is 0 Å². The number of pyridine rings is 1. The number of aromatic nitrogens is 2. The highest BCUT2D eigenvalue weighted by Crippen LogP contribution is 2.19. The zero-order valence-electron chi connectivity index (χ0n) is 7.01. The molecule has 0 aromatic carbocycles. The van der Waals surface area contributed by atoms with Crippen molar-refractivity contribution >= 4 is 17.4 Å². The molecule has 0 aliphatic heterocycles. The summed E-state index contributed by atoms with van der Waals surface area (Å²) in [6, 6.07) is 2.70. The van der Waals surface area contributed by atoms with Gasteiger partial charge in [-0.3, -0.25) is 4.40 Å². The molecule has 0 saturated heterocycles. The minimum absolute atomic E-state index is 0.0279. The lowest BCUT2D eigenvalue weighted by atomic mass is 10.3. The molecule has 0 spiro atoms. The van der Waals surface area contributed by atoms with Gasteiger partial charge in [0.1, 0.15) is 5.75 Å². The zero-order valence-corrected chi connectivity index (χ0v) is 7.01. The first kappa shape index (κ1) is 8.36. The zero-order chi connectivity index (χ0) is 10.3. The monoisotopic (exact) mass is 193 g/mol. The van der Waals surface area contributed by atoms with E-state index in [1.165, 1.54) is 22.7 Å². The molecule has 6 heteroatoms. The quantitative estimate of drug-likeness (QED) is 0.605. The Morgan fingerprint density at radius 1 is 1.57 bits per heavy atom. The van der Waals surface area contributed by atoms with Crippen molar-refractivity contribution in [3.05, 3.63) is 24.0 Å². The summed E-state index contributed by atoms with van der Waals surface area (Å²) >= 11 is 0. The number of rotatable bonds is 1. The molecular formula is C8H7N3O3. The molecular weight excluding hydrogens is 186 g/mol. The van der Waals surface area contributed by atoms with Gasteiger partial charge in [-0.2, -0.15) is 0 Å². The van der Waals surface area contributed by atoms with Crippen LogP contribution < -0.4 is 5.73 Å². The predicted molar refractivity (Wildman–Crippen MR) is 48.2 cm³/mol. The van der Waals surface area contributed by atoms with Crippen molar-refractivity contribution in [3.8, 4) is 5.75 Å². The van der Waals surface area contributed by atoms with Crippen molar-refractivity contribution in [2.75, 3.05) is 5.73 Å². The van der Waals surface area contributed by atoms with Crippen LogP contribution in [0.15, 0.2) is 18.3 Å². The summed E-state index contributed by atoms with van der Waals surface area (Å²) in [6.45, 7) is 0. The standard InChI is InChI=1S/C8H7N3O3/c9-8-10-6(7(13)14)5-3-4(12)1-2-11(5)8/h1-3,12H,(H2,9,10)(H,13,14). The van der Waals surface area contributed by atoms with E-state index in [4.69, 9.17) is 10.8 Å². The summed E-state index contributed by atoms with van der Waals surface area (Å²) in [4.78, 5) is 14.4. The molecule has 0 unspecified atom stereocenters. The van der Waals surface area contributed by atoms with E-state index in [1.807, 2.05) is 0 Å².